The smallest absolute Gasteiger partial charge is 0.165 e. The molecule has 1 aromatic carbocycles. The van der Waals surface area contributed by atoms with Gasteiger partial charge in [0.1, 0.15) is 0 Å². The van der Waals surface area contributed by atoms with Gasteiger partial charge in [-0.15, -0.1) is 0 Å². The number of hydrogen-bond acceptors (Lipinski definition) is 3. The summed E-state index contributed by atoms with van der Waals surface area (Å²) in [5.74, 6) is -0.139. The molecule has 14 heavy (non-hydrogen) atoms. The summed E-state index contributed by atoms with van der Waals surface area (Å²) in [4.78, 5) is 0. The molecule has 0 unspecified atom stereocenters. The number of rotatable bonds is 2. The molecule has 0 bridgehead atoms. The average molecular weight is 193 g/mol. The first-order chi connectivity index (χ1) is 6.57. The van der Waals surface area contributed by atoms with Crippen LogP contribution < -0.4 is 5.73 Å². The molecule has 1 aromatic rings. The molecular formula is C11H15NO2. The summed E-state index contributed by atoms with van der Waals surface area (Å²) in [6, 6.07) is 1.82. The van der Waals surface area contributed by atoms with Crippen LogP contribution in [0.25, 0.3) is 6.08 Å². The van der Waals surface area contributed by atoms with Gasteiger partial charge in [-0.2, -0.15) is 0 Å². The second-order valence-electron chi connectivity index (χ2n) is 3.24. The maximum atomic E-state index is 9.59. The van der Waals surface area contributed by atoms with E-state index in [9.17, 15) is 10.2 Å². The second kappa shape index (κ2) is 4.15. The summed E-state index contributed by atoms with van der Waals surface area (Å²) in [5.41, 5.74) is 7.54. The van der Waals surface area contributed by atoms with Gasteiger partial charge in [-0.25, -0.2) is 0 Å². The van der Waals surface area contributed by atoms with Crippen LogP contribution in [0, 0.1) is 13.8 Å². The zero-order chi connectivity index (χ0) is 10.7. The number of benzene rings is 1. The molecule has 0 spiro atoms. The van der Waals surface area contributed by atoms with Crippen molar-refractivity contribution in [3.05, 3.63) is 28.8 Å². The topological polar surface area (TPSA) is 66.5 Å². The van der Waals surface area contributed by atoms with Crippen LogP contribution in [-0.2, 0) is 0 Å². The monoisotopic (exact) mass is 193 g/mol. The third-order valence-electron chi connectivity index (χ3n) is 2.25. The summed E-state index contributed by atoms with van der Waals surface area (Å²) in [5, 5.41) is 19.1. The van der Waals surface area contributed by atoms with Crippen molar-refractivity contribution in [3.8, 4) is 11.5 Å². The Hall–Kier alpha value is -1.48. The van der Waals surface area contributed by atoms with Crippen LogP contribution in [0.2, 0.25) is 0 Å². The van der Waals surface area contributed by atoms with Crippen LogP contribution in [-0.4, -0.2) is 16.8 Å². The predicted molar refractivity (Wildman–Crippen MR) is 57.3 cm³/mol. The number of aromatic hydroxyl groups is 2. The van der Waals surface area contributed by atoms with Crippen molar-refractivity contribution < 1.29 is 10.2 Å². The minimum atomic E-state index is -0.0854. The van der Waals surface area contributed by atoms with E-state index in [1.165, 1.54) is 0 Å². The lowest BCUT2D eigenvalue weighted by Gasteiger charge is -2.08. The SMILES string of the molecule is Cc1cc(/C=C/CN)c(O)c(O)c1C. The highest BCUT2D eigenvalue weighted by Gasteiger charge is 2.09. The largest absolute Gasteiger partial charge is 0.504 e. The van der Waals surface area contributed by atoms with Crippen molar-refractivity contribution in [3.63, 3.8) is 0 Å². The zero-order valence-electron chi connectivity index (χ0n) is 8.41. The Morgan fingerprint density at radius 2 is 1.93 bits per heavy atom. The number of hydrogen-bond donors (Lipinski definition) is 3. The molecule has 0 fully saturated rings. The lowest BCUT2D eigenvalue weighted by molar-refractivity contribution is 0.400. The van der Waals surface area contributed by atoms with Gasteiger partial charge in [0, 0.05) is 12.1 Å². The molecule has 0 radical (unpaired) electrons. The van der Waals surface area contributed by atoms with Crippen LogP contribution in [0.3, 0.4) is 0 Å². The quantitative estimate of drug-likeness (QED) is 0.626. The minimum Gasteiger partial charge on any atom is -0.504 e. The van der Waals surface area contributed by atoms with Crippen LogP contribution in [0.4, 0.5) is 0 Å². The highest BCUT2D eigenvalue weighted by Crippen LogP contribution is 2.35. The van der Waals surface area contributed by atoms with Crippen LogP contribution >= 0.6 is 0 Å². The van der Waals surface area contributed by atoms with E-state index >= 15 is 0 Å². The van der Waals surface area contributed by atoms with E-state index in [2.05, 4.69) is 0 Å². The molecule has 1 rings (SSSR count). The Balaban J connectivity index is 3.26. The third-order valence-corrected chi connectivity index (χ3v) is 2.25. The van der Waals surface area contributed by atoms with Gasteiger partial charge in [0.15, 0.2) is 11.5 Å². The second-order valence-corrected chi connectivity index (χ2v) is 3.24. The molecule has 3 heteroatoms. The Morgan fingerprint density at radius 1 is 1.29 bits per heavy atom. The van der Waals surface area contributed by atoms with Gasteiger partial charge in [-0.05, 0) is 31.0 Å². The summed E-state index contributed by atoms with van der Waals surface area (Å²) < 4.78 is 0. The first-order valence-electron chi connectivity index (χ1n) is 4.46. The molecule has 76 valence electrons. The molecule has 3 nitrogen and oxygen atoms in total. The molecule has 4 N–H and O–H groups in total. The third kappa shape index (κ3) is 1.88. The van der Waals surface area contributed by atoms with Gasteiger partial charge in [-0.3, -0.25) is 0 Å². The maximum Gasteiger partial charge on any atom is 0.165 e. The van der Waals surface area contributed by atoms with E-state index in [1.807, 2.05) is 13.0 Å². The van der Waals surface area contributed by atoms with Crippen LogP contribution in [0.15, 0.2) is 12.1 Å². The van der Waals surface area contributed by atoms with E-state index < -0.39 is 0 Å². The fraction of sp³-hybridized carbons (Fsp3) is 0.273. The van der Waals surface area contributed by atoms with Crippen molar-refractivity contribution >= 4 is 6.08 Å². The molecule has 0 aromatic heterocycles. The fourth-order valence-electron chi connectivity index (χ4n) is 1.23. The van der Waals surface area contributed by atoms with Gasteiger partial charge < -0.3 is 15.9 Å². The van der Waals surface area contributed by atoms with Crippen molar-refractivity contribution in [2.75, 3.05) is 6.54 Å². The van der Waals surface area contributed by atoms with Gasteiger partial charge in [0.25, 0.3) is 0 Å². The van der Waals surface area contributed by atoms with E-state index in [0.29, 0.717) is 17.7 Å². The van der Waals surface area contributed by atoms with Gasteiger partial charge >= 0.3 is 0 Å². The molecule has 0 heterocycles. The molecule has 0 aliphatic rings. The molecule has 0 aliphatic carbocycles. The lowest BCUT2D eigenvalue weighted by Crippen LogP contribution is -1.92. The molecular weight excluding hydrogens is 178 g/mol. The summed E-state index contributed by atoms with van der Waals surface area (Å²) in [6.45, 7) is 4.06. The van der Waals surface area contributed by atoms with Crippen LogP contribution in [0.1, 0.15) is 16.7 Å². The number of aryl methyl sites for hydroxylation is 1. The van der Waals surface area contributed by atoms with E-state index in [4.69, 9.17) is 5.73 Å². The molecule has 0 aliphatic heterocycles. The van der Waals surface area contributed by atoms with Gasteiger partial charge in [0.05, 0.1) is 0 Å². The number of phenols is 2. The lowest BCUT2D eigenvalue weighted by atomic mass is 10.0. The normalized spacial score (nSPS) is 11.1. The highest BCUT2D eigenvalue weighted by molar-refractivity contribution is 5.65. The van der Waals surface area contributed by atoms with Crippen molar-refractivity contribution in [2.45, 2.75) is 13.8 Å². The first-order valence-corrected chi connectivity index (χ1v) is 4.46. The molecule has 0 saturated heterocycles. The van der Waals surface area contributed by atoms with E-state index in [-0.39, 0.29) is 11.5 Å². The highest BCUT2D eigenvalue weighted by atomic mass is 16.3. The first kappa shape index (κ1) is 10.6. The summed E-state index contributed by atoms with van der Waals surface area (Å²) in [6.07, 6.45) is 3.42. The summed E-state index contributed by atoms with van der Waals surface area (Å²) >= 11 is 0. The van der Waals surface area contributed by atoms with Crippen molar-refractivity contribution in [2.24, 2.45) is 5.73 Å². The van der Waals surface area contributed by atoms with Crippen LogP contribution in [0.5, 0.6) is 11.5 Å². The Bertz CT molecular complexity index is 370. The molecule has 0 saturated carbocycles. The zero-order valence-corrected chi connectivity index (χ0v) is 8.41. The molecule has 0 atom stereocenters. The summed E-state index contributed by atoms with van der Waals surface area (Å²) in [7, 11) is 0. The Kier molecular flexibility index (Phi) is 3.14. The standard InChI is InChI=1S/C11H15NO2/c1-7-6-9(4-3-5-12)11(14)10(13)8(7)2/h3-4,6,13-14H,5,12H2,1-2H3/b4-3+. The number of nitrogens with two attached hydrogens (primary N) is 1. The Labute approximate surface area is 83.5 Å². The van der Waals surface area contributed by atoms with Gasteiger partial charge in [0.2, 0.25) is 0 Å². The number of phenolic OH excluding ortho intramolecular Hbond substituents is 2. The average Bonchev–Trinajstić information content (AvgIpc) is 2.18. The van der Waals surface area contributed by atoms with Crippen molar-refractivity contribution in [1.29, 1.82) is 0 Å². The van der Waals surface area contributed by atoms with Gasteiger partial charge in [-0.1, -0.05) is 12.2 Å². The maximum absolute atomic E-state index is 9.59. The van der Waals surface area contributed by atoms with Crippen molar-refractivity contribution in [1.82, 2.24) is 0 Å². The minimum absolute atomic E-state index is 0.0540. The van der Waals surface area contributed by atoms with E-state index in [1.54, 1.807) is 19.1 Å². The fourth-order valence-corrected chi connectivity index (χ4v) is 1.23. The van der Waals surface area contributed by atoms with E-state index in [0.717, 1.165) is 5.56 Å². The Morgan fingerprint density at radius 3 is 2.50 bits per heavy atom. The molecule has 0 amide bonds. The predicted octanol–water partition coefficient (Wildman–Crippen LogP) is 1.69.